The monoisotopic (exact) mass is 292 g/mol. The summed E-state index contributed by atoms with van der Waals surface area (Å²) in [6.07, 6.45) is 4.47. The lowest BCUT2D eigenvalue weighted by atomic mass is 10.2. The van der Waals surface area contributed by atoms with E-state index in [-0.39, 0.29) is 0 Å². The summed E-state index contributed by atoms with van der Waals surface area (Å²) in [6.45, 7) is 6.62. The molecule has 1 amide bonds. The van der Waals surface area contributed by atoms with Gasteiger partial charge in [-0.15, -0.1) is 0 Å². The van der Waals surface area contributed by atoms with Crippen molar-refractivity contribution in [2.24, 2.45) is 0 Å². The van der Waals surface area contributed by atoms with Crippen LogP contribution in [0.15, 0.2) is 18.6 Å². The highest BCUT2D eigenvalue weighted by atomic mass is 16.6. The lowest BCUT2D eigenvalue weighted by Gasteiger charge is -2.19. The maximum Gasteiger partial charge on any atom is 0.412 e. The van der Waals surface area contributed by atoms with E-state index in [0.717, 1.165) is 10.9 Å². The number of methoxy groups -OCH3 is 1. The van der Waals surface area contributed by atoms with Crippen molar-refractivity contribution in [2.75, 3.05) is 19.0 Å². The van der Waals surface area contributed by atoms with Crippen molar-refractivity contribution < 1.29 is 14.3 Å². The number of aromatic nitrogens is 3. The van der Waals surface area contributed by atoms with Crippen molar-refractivity contribution in [3.8, 4) is 0 Å². The SMILES string of the molecule is COCCn1ncc2c(NC(=O)OC(C)(C)C)cncc21. The number of carbonyl (C=O) groups is 1. The molecule has 0 radical (unpaired) electrons. The molecule has 7 nitrogen and oxygen atoms in total. The molecular formula is C14H20N4O3. The second-order valence-electron chi connectivity index (χ2n) is 5.61. The first-order valence-electron chi connectivity index (χ1n) is 6.69. The summed E-state index contributed by atoms with van der Waals surface area (Å²) in [5.74, 6) is 0. The quantitative estimate of drug-likeness (QED) is 0.936. The van der Waals surface area contributed by atoms with Gasteiger partial charge < -0.3 is 9.47 Å². The fraction of sp³-hybridized carbons (Fsp3) is 0.500. The number of amides is 1. The zero-order valence-electron chi connectivity index (χ0n) is 12.7. The van der Waals surface area contributed by atoms with E-state index in [9.17, 15) is 4.79 Å². The molecule has 1 N–H and O–H groups in total. The fourth-order valence-corrected chi connectivity index (χ4v) is 1.86. The van der Waals surface area contributed by atoms with Gasteiger partial charge in [-0.05, 0) is 20.8 Å². The van der Waals surface area contributed by atoms with E-state index in [1.54, 1.807) is 30.4 Å². The highest BCUT2D eigenvalue weighted by molar-refractivity contribution is 5.98. The third-order valence-electron chi connectivity index (χ3n) is 2.71. The van der Waals surface area contributed by atoms with E-state index >= 15 is 0 Å². The number of hydrogen-bond donors (Lipinski definition) is 1. The van der Waals surface area contributed by atoms with Gasteiger partial charge in [0.2, 0.25) is 0 Å². The molecular weight excluding hydrogens is 272 g/mol. The summed E-state index contributed by atoms with van der Waals surface area (Å²) in [5.41, 5.74) is 0.861. The van der Waals surface area contributed by atoms with Crippen molar-refractivity contribution in [3.63, 3.8) is 0 Å². The molecule has 0 fully saturated rings. The van der Waals surface area contributed by atoms with Crippen LogP contribution in [0, 0.1) is 0 Å². The number of nitrogens with one attached hydrogen (secondary N) is 1. The van der Waals surface area contributed by atoms with Crippen molar-refractivity contribution in [1.82, 2.24) is 14.8 Å². The number of rotatable bonds is 4. The molecule has 0 aliphatic rings. The Bertz CT molecular complexity index is 631. The maximum absolute atomic E-state index is 11.8. The molecule has 0 spiro atoms. The van der Waals surface area contributed by atoms with Crippen LogP contribution >= 0.6 is 0 Å². The lowest BCUT2D eigenvalue weighted by molar-refractivity contribution is 0.0636. The second-order valence-corrected chi connectivity index (χ2v) is 5.61. The Labute approximate surface area is 123 Å². The summed E-state index contributed by atoms with van der Waals surface area (Å²) in [7, 11) is 1.64. The predicted molar refractivity (Wildman–Crippen MR) is 79.3 cm³/mol. The molecule has 2 aromatic heterocycles. The second kappa shape index (κ2) is 6.09. The zero-order valence-corrected chi connectivity index (χ0v) is 12.7. The maximum atomic E-state index is 11.8. The number of anilines is 1. The van der Waals surface area contributed by atoms with E-state index in [0.29, 0.717) is 18.8 Å². The molecule has 0 aliphatic carbocycles. The Morgan fingerprint density at radius 3 is 2.76 bits per heavy atom. The molecule has 114 valence electrons. The van der Waals surface area contributed by atoms with Crippen molar-refractivity contribution in [3.05, 3.63) is 18.6 Å². The molecule has 2 aromatic rings. The van der Waals surface area contributed by atoms with Gasteiger partial charge in [0.05, 0.1) is 42.9 Å². The summed E-state index contributed by atoms with van der Waals surface area (Å²) < 4.78 is 12.1. The van der Waals surface area contributed by atoms with Gasteiger partial charge in [-0.3, -0.25) is 15.0 Å². The first kappa shape index (κ1) is 15.2. The normalized spacial score (nSPS) is 11.6. The largest absolute Gasteiger partial charge is 0.444 e. The molecule has 0 bridgehead atoms. The van der Waals surface area contributed by atoms with E-state index in [1.165, 1.54) is 0 Å². The van der Waals surface area contributed by atoms with Gasteiger partial charge in [0.25, 0.3) is 0 Å². The van der Waals surface area contributed by atoms with Crippen LogP contribution in [0.1, 0.15) is 20.8 Å². The van der Waals surface area contributed by atoms with Crippen LogP contribution in [0.4, 0.5) is 10.5 Å². The molecule has 7 heteroatoms. The summed E-state index contributed by atoms with van der Waals surface area (Å²) >= 11 is 0. The van der Waals surface area contributed by atoms with Crippen molar-refractivity contribution >= 4 is 22.7 Å². The van der Waals surface area contributed by atoms with Crippen molar-refractivity contribution in [1.29, 1.82) is 0 Å². The fourth-order valence-electron chi connectivity index (χ4n) is 1.86. The highest BCUT2D eigenvalue weighted by Gasteiger charge is 2.17. The number of nitrogens with zero attached hydrogens (tertiary/aromatic N) is 3. The Kier molecular flexibility index (Phi) is 4.42. The zero-order chi connectivity index (χ0) is 15.5. The first-order valence-corrected chi connectivity index (χ1v) is 6.69. The molecule has 0 saturated carbocycles. The number of carbonyl (C=O) groups excluding carboxylic acids is 1. The van der Waals surface area contributed by atoms with Crippen LogP contribution in [-0.2, 0) is 16.0 Å². The molecule has 2 heterocycles. The van der Waals surface area contributed by atoms with Crippen LogP contribution in [-0.4, -0.2) is 40.2 Å². The number of pyridine rings is 1. The van der Waals surface area contributed by atoms with Gasteiger partial charge in [-0.2, -0.15) is 5.10 Å². The van der Waals surface area contributed by atoms with E-state index in [4.69, 9.17) is 9.47 Å². The topological polar surface area (TPSA) is 78.3 Å². The molecule has 0 atom stereocenters. The average molecular weight is 292 g/mol. The molecule has 0 saturated heterocycles. The standard InChI is InChI=1S/C14H20N4O3/c1-14(2,3)21-13(19)17-11-8-15-9-12-10(11)7-16-18(12)5-6-20-4/h7-9H,5-6H2,1-4H3,(H,17,19). The third kappa shape index (κ3) is 3.91. The Morgan fingerprint density at radius 2 is 2.10 bits per heavy atom. The molecule has 0 aromatic carbocycles. The van der Waals surface area contributed by atoms with E-state index < -0.39 is 11.7 Å². The number of ether oxygens (including phenoxy) is 2. The number of hydrogen-bond acceptors (Lipinski definition) is 5. The van der Waals surface area contributed by atoms with Crippen LogP contribution < -0.4 is 5.32 Å². The summed E-state index contributed by atoms with van der Waals surface area (Å²) in [6, 6.07) is 0. The molecule has 0 unspecified atom stereocenters. The van der Waals surface area contributed by atoms with E-state index in [1.807, 2.05) is 20.8 Å². The summed E-state index contributed by atoms with van der Waals surface area (Å²) in [4.78, 5) is 16.0. The minimum absolute atomic E-state index is 0.513. The smallest absolute Gasteiger partial charge is 0.412 e. The molecule has 21 heavy (non-hydrogen) atoms. The highest BCUT2D eigenvalue weighted by Crippen LogP contribution is 2.22. The minimum atomic E-state index is -0.548. The summed E-state index contributed by atoms with van der Waals surface area (Å²) in [5, 5.41) is 7.79. The Balaban J connectivity index is 2.21. The lowest BCUT2D eigenvalue weighted by Crippen LogP contribution is -2.27. The van der Waals surface area contributed by atoms with Crippen LogP contribution in [0.2, 0.25) is 0 Å². The Morgan fingerprint density at radius 1 is 1.33 bits per heavy atom. The predicted octanol–water partition coefficient (Wildman–Crippen LogP) is 2.42. The Hall–Kier alpha value is -2.15. The van der Waals surface area contributed by atoms with Crippen LogP contribution in [0.3, 0.4) is 0 Å². The van der Waals surface area contributed by atoms with Crippen LogP contribution in [0.5, 0.6) is 0 Å². The third-order valence-corrected chi connectivity index (χ3v) is 2.71. The van der Waals surface area contributed by atoms with Gasteiger partial charge in [-0.1, -0.05) is 0 Å². The molecule has 0 aliphatic heterocycles. The first-order chi connectivity index (χ1) is 9.90. The van der Waals surface area contributed by atoms with Gasteiger partial charge >= 0.3 is 6.09 Å². The van der Waals surface area contributed by atoms with E-state index in [2.05, 4.69) is 15.4 Å². The van der Waals surface area contributed by atoms with Crippen LogP contribution in [0.25, 0.3) is 10.9 Å². The van der Waals surface area contributed by atoms with Gasteiger partial charge in [-0.25, -0.2) is 4.79 Å². The van der Waals surface area contributed by atoms with Gasteiger partial charge in [0, 0.05) is 12.5 Å². The number of fused-ring (bicyclic) bond motifs is 1. The van der Waals surface area contributed by atoms with Gasteiger partial charge in [0.1, 0.15) is 5.60 Å². The van der Waals surface area contributed by atoms with Crippen molar-refractivity contribution in [2.45, 2.75) is 32.9 Å². The average Bonchev–Trinajstić information content (AvgIpc) is 2.78. The minimum Gasteiger partial charge on any atom is -0.444 e. The van der Waals surface area contributed by atoms with Gasteiger partial charge in [0.15, 0.2) is 0 Å². The molecule has 2 rings (SSSR count).